The molecule has 0 spiro atoms. The summed E-state index contributed by atoms with van der Waals surface area (Å²) in [6, 6.07) is 0. The molecule has 13 N–H and O–H groups in total. The molecule has 28 atom stereocenters. The SMILES string of the molecule is CC(C)=CCC[C@](C)(O[C@@H]1O[C@H](CO[C@H]2OC[C@@H](O[C@@H]3OC[C@@H](O)[C@H](O)[C@H]3O)[C@H](O)[C@H]2O)[C@@H](O)[C@H](O)[C@H]1O)[C@H]1CC[C@]2(C)[C@@H]1[C@H](O)C[C@@H]1[C@@]3(C)CC[C@H](O[C@@H]4O[C@H](CO)[C@@H](O)[C@H](O)[C@H]4O)C(C)(C)[C@@H]3CC[C@]12C. The largest absolute Gasteiger partial charge is 0.394 e. The maximum Gasteiger partial charge on any atom is 0.187 e. The van der Waals surface area contributed by atoms with Crippen molar-refractivity contribution in [1.82, 2.24) is 0 Å². The molecule has 73 heavy (non-hydrogen) atoms. The first kappa shape index (κ1) is 58.1. The van der Waals surface area contributed by atoms with Gasteiger partial charge in [-0.15, -0.1) is 0 Å². The minimum atomic E-state index is -1.74. The van der Waals surface area contributed by atoms with Crippen LogP contribution in [0.15, 0.2) is 11.6 Å². The van der Waals surface area contributed by atoms with Crippen molar-refractivity contribution in [3.05, 3.63) is 11.6 Å². The first-order valence-corrected chi connectivity index (χ1v) is 26.7. The summed E-state index contributed by atoms with van der Waals surface area (Å²) in [4.78, 5) is 0. The van der Waals surface area contributed by atoms with Gasteiger partial charge in [-0.3, -0.25) is 0 Å². The molecule has 21 heteroatoms. The quantitative estimate of drug-likeness (QED) is 0.0739. The zero-order chi connectivity index (χ0) is 53.5. The molecule has 4 saturated carbocycles. The maximum absolute atomic E-state index is 12.7. The van der Waals surface area contributed by atoms with Crippen LogP contribution in [0.3, 0.4) is 0 Å². The molecule has 4 saturated heterocycles. The van der Waals surface area contributed by atoms with Crippen LogP contribution in [0.2, 0.25) is 0 Å². The Morgan fingerprint density at radius 2 is 1.21 bits per heavy atom. The van der Waals surface area contributed by atoms with Crippen molar-refractivity contribution in [3.8, 4) is 0 Å². The lowest BCUT2D eigenvalue weighted by Gasteiger charge is -2.71. The molecule has 4 heterocycles. The van der Waals surface area contributed by atoms with Gasteiger partial charge in [-0.05, 0) is 124 Å². The fourth-order valence-electron chi connectivity index (χ4n) is 15.7. The van der Waals surface area contributed by atoms with Gasteiger partial charge in [0.15, 0.2) is 25.2 Å². The average Bonchev–Trinajstić information content (AvgIpc) is 3.72. The van der Waals surface area contributed by atoms with Crippen LogP contribution in [0.5, 0.6) is 0 Å². The lowest BCUT2D eigenvalue weighted by Crippen LogP contribution is -2.67. The van der Waals surface area contributed by atoms with Crippen molar-refractivity contribution in [1.29, 1.82) is 0 Å². The van der Waals surface area contributed by atoms with Crippen molar-refractivity contribution in [3.63, 3.8) is 0 Å². The maximum atomic E-state index is 12.7. The molecule has 8 rings (SSSR count). The first-order valence-electron chi connectivity index (χ1n) is 26.7. The zero-order valence-corrected chi connectivity index (χ0v) is 43.7. The number of allylic oxidation sites excluding steroid dienone is 2. The molecular weight excluding hydrogens is 961 g/mol. The van der Waals surface area contributed by atoms with Gasteiger partial charge in [0.25, 0.3) is 0 Å². The fourth-order valence-corrected chi connectivity index (χ4v) is 15.7. The number of ether oxygens (including phenoxy) is 8. The minimum Gasteiger partial charge on any atom is -0.394 e. The van der Waals surface area contributed by atoms with Crippen LogP contribution >= 0.6 is 0 Å². The van der Waals surface area contributed by atoms with Crippen molar-refractivity contribution in [2.24, 2.45) is 45.3 Å². The van der Waals surface area contributed by atoms with Crippen molar-refractivity contribution < 1.29 is 104 Å². The predicted molar refractivity (Wildman–Crippen MR) is 254 cm³/mol. The molecule has 0 radical (unpaired) electrons. The van der Waals surface area contributed by atoms with Gasteiger partial charge in [0.1, 0.15) is 85.5 Å². The predicted octanol–water partition coefficient (Wildman–Crippen LogP) is -0.924. The van der Waals surface area contributed by atoms with E-state index in [1.807, 2.05) is 20.8 Å². The third-order valence-corrected chi connectivity index (χ3v) is 20.1. The number of rotatable bonds is 14. The molecule has 422 valence electrons. The van der Waals surface area contributed by atoms with Gasteiger partial charge >= 0.3 is 0 Å². The van der Waals surface area contributed by atoms with Gasteiger partial charge in [0.2, 0.25) is 0 Å². The second-order valence-electron chi connectivity index (χ2n) is 24.8. The van der Waals surface area contributed by atoms with Crippen LogP contribution in [-0.4, -0.2) is 221 Å². The Morgan fingerprint density at radius 3 is 1.88 bits per heavy atom. The highest BCUT2D eigenvalue weighted by molar-refractivity contribution is 5.20. The van der Waals surface area contributed by atoms with Gasteiger partial charge in [0.05, 0.1) is 44.2 Å². The summed E-state index contributed by atoms with van der Waals surface area (Å²) in [5, 5.41) is 141. The number of fused-ring (bicyclic) bond motifs is 5. The van der Waals surface area contributed by atoms with Crippen LogP contribution in [0.4, 0.5) is 0 Å². The zero-order valence-electron chi connectivity index (χ0n) is 43.7. The molecule has 4 aliphatic heterocycles. The number of aliphatic hydroxyl groups excluding tert-OH is 13. The molecule has 8 aliphatic rings. The lowest BCUT2D eigenvalue weighted by molar-refractivity contribution is -0.351. The average molecular weight is 1050 g/mol. The van der Waals surface area contributed by atoms with Crippen LogP contribution in [0.1, 0.15) is 113 Å². The molecule has 0 bridgehead atoms. The van der Waals surface area contributed by atoms with Gasteiger partial charge in [-0.2, -0.15) is 0 Å². The van der Waals surface area contributed by atoms with Crippen molar-refractivity contribution in [2.75, 3.05) is 26.4 Å². The Morgan fingerprint density at radius 1 is 0.603 bits per heavy atom. The summed E-state index contributed by atoms with van der Waals surface area (Å²) in [7, 11) is 0. The topological polar surface area (TPSA) is 337 Å². The normalized spacial score (nSPS) is 52.8. The van der Waals surface area contributed by atoms with E-state index < -0.39 is 141 Å². The molecule has 21 nitrogen and oxygen atoms in total. The molecule has 0 aromatic heterocycles. The minimum absolute atomic E-state index is 0.119. The van der Waals surface area contributed by atoms with E-state index in [1.54, 1.807) is 0 Å². The van der Waals surface area contributed by atoms with Crippen molar-refractivity contribution in [2.45, 2.75) is 242 Å². The van der Waals surface area contributed by atoms with Crippen LogP contribution in [0.25, 0.3) is 0 Å². The van der Waals surface area contributed by atoms with E-state index in [2.05, 4.69) is 40.7 Å². The highest BCUT2D eigenvalue weighted by Gasteiger charge is 2.72. The Kier molecular flexibility index (Phi) is 17.4. The fraction of sp³-hybridized carbons (Fsp3) is 0.962. The molecule has 0 aromatic rings. The molecule has 8 fully saturated rings. The summed E-state index contributed by atoms with van der Waals surface area (Å²) in [6.45, 7) is 15.7. The Hall–Kier alpha value is -1.10. The highest BCUT2D eigenvalue weighted by atomic mass is 16.7. The van der Waals surface area contributed by atoms with E-state index in [9.17, 15) is 66.4 Å². The van der Waals surface area contributed by atoms with Crippen LogP contribution in [-0.2, 0) is 37.9 Å². The summed E-state index contributed by atoms with van der Waals surface area (Å²) >= 11 is 0. The van der Waals surface area contributed by atoms with E-state index in [4.69, 9.17) is 37.9 Å². The van der Waals surface area contributed by atoms with Crippen molar-refractivity contribution >= 4 is 0 Å². The first-order chi connectivity index (χ1) is 34.1. The van der Waals surface area contributed by atoms with Gasteiger partial charge in [-0.25, -0.2) is 0 Å². The second kappa shape index (κ2) is 21.9. The Bertz CT molecular complexity index is 1890. The van der Waals surface area contributed by atoms with E-state index in [-0.39, 0.29) is 59.2 Å². The van der Waals surface area contributed by atoms with E-state index in [0.29, 0.717) is 32.1 Å². The van der Waals surface area contributed by atoms with E-state index in [0.717, 1.165) is 31.3 Å². The number of aliphatic hydroxyl groups is 13. The Labute approximate surface area is 428 Å². The monoisotopic (exact) mass is 1050 g/mol. The molecular formula is C52H88O21. The summed E-state index contributed by atoms with van der Waals surface area (Å²) in [6.07, 6.45) is -19.4. The smallest absolute Gasteiger partial charge is 0.187 e. The van der Waals surface area contributed by atoms with Crippen LogP contribution in [0, 0.1) is 45.3 Å². The number of hydrogen-bond acceptors (Lipinski definition) is 21. The lowest BCUT2D eigenvalue weighted by atomic mass is 9.35. The molecule has 0 unspecified atom stereocenters. The summed E-state index contributed by atoms with van der Waals surface area (Å²) in [5.74, 6) is -0.186. The molecule has 0 aromatic carbocycles. The molecule has 0 amide bonds. The third-order valence-electron chi connectivity index (χ3n) is 20.1. The third kappa shape index (κ3) is 10.3. The van der Waals surface area contributed by atoms with Crippen LogP contribution < -0.4 is 0 Å². The van der Waals surface area contributed by atoms with Gasteiger partial charge < -0.3 is 104 Å². The summed E-state index contributed by atoms with van der Waals surface area (Å²) in [5.41, 5.74) is -1.15. The van der Waals surface area contributed by atoms with E-state index in [1.165, 1.54) is 0 Å². The standard InChI is InChI=1S/C52H88O21/c1-23(2)10-9-14-52(8,73-47-43(65)39(61)36(58)28(71-47)21-67-44-41(63)37(59)29(22-68-44)70-45-40(62)34(56)26(55)20-66-45)24-11-16-51(7)33(24)25(54)18-31-49(5)15-13-32(48(3,4)30(49)12-17-50(31,51)6)72-46-42(64)38(60)35(57)27(19-53)69-46/h10,24-47,53-65H,9,11-22H2,1-8H3/t24-,25+,26+,27+,28+,29+,30-,31+,32-,33-,34-,35+,36+,37-,38-,39-,40+,41+,42+,43+,44-,45-,46-,47-,49-,50+,51+,52-/m0/s1. The Balaban J connectivity index is 0.965. The summed E-state index contributed by atoms with van der Waals surface area (Å²) < 4.78 is 47.9. The van der Waals surface area contributed by atoms with Gasteiger partial charge in [0, 0.05) is 0 Å². The van der Waals surface area contributed by atoms with E-state index >= 15 is 0 Å². The second-order valence-corrected chi connectivity index (χ2v) is 24.8. The molecule has 4 aliphatic carbocycles. The number of hydrogen-bond donors (Lipinski definition) is 13. The van der Waals surface area contributed by atoms with Gasteiger partial charge in [-0.1, -0.05) is 46.3 Å². The highest BCUT2D eigenvalue weighted by Crippen LogP contribution is 2.76.